The average molecular weight is 558 g/mol. The van der Waals surface area contributed by atoms with Crippen LogP contribution in [0.2, 0.25) is 0 Å². The minimum absolute atomic E-state index is 0.0351. The Kier molecular flexibility index (Phi) is 14.2. The molecule has 3 rings (SSSR count). The van der Waals surface area contributed by atoms with Crippen LogP contribution in [-0.2, 0) is 22.7 Å². The van der Waals surface area contributed by atoms with Crippen LogP contribution in [0.3, 0.4) is 0 Å². The molecule has 1 aliphatic carbocycles. The molecule has 1 atom stereocenters. The third-order valence-electron chi connectivity index (χ3n) is 7.40. The predicted molar refractivity (Wildman–Crippen MR) is 156 cm³/mol. The van der Waals surface area contributed by atoms with Gasteiger partial charge in [0.2, 0.25) is 0 Å². The third-order valence-corrected chi connectivity index (χ3v) is 7.40. The van der Waals surface area contributed by atoms with E-state index in [0.717, 1.165) is 69.2 Å². The number of anilines is 1. The van der Waals surface area contributed by atoms with Crippen LogP contribution >= 0.6 is 0 Å². The molecule has 9 heteroatoms. The summed E-state index contributed by atoms with van der Waals surface area (Å²) in [4.78, 5) is 13.9. The van der Waals surface area contributed by atoms with Crippen molar-refractivity contribution < 1.29 is 29.6 Å². The Morgan fingerprint density at radius 1 is 1.00 bits per heavy atom. The summed E-state index contributed by atoms with van der Waals surface area (Å²) < 4.78 is 11.5. The highest BCUT2D eigenvalue weighted by Gasteiger charge is 2.25. The molecule has 1 fully saturated rings. The molecule has 0 unspecified atom stereocenters. The van der Waals surface area contributed by atoms with Crippen molar-refractivity contribution in [3.8, 4) is 5.75 Å². The number of carbonyl (C=O) groups excluding carboxylic acids is 1. The van der Waals surface area contributed by atoms with Crippen LogP contribution in [0.15, 0.2) is 42.5 Å². The lowest BCUT2D eigenvalue weighted by atomic mass is 9.94. The zero-order chi connectivity index (χ0) is 28.6. The molecule has 0 bridgehead atoms. The number of nitrogens with two attached hydrogens (primary N) is 1. The van der Waals surface area contributed by atoms with Gasteiger partial charge in [-0.1, -0.05) is 50.3 Å². The topological polar surface area (TPSA) is 138 Å². The molecule has 1 saturated carbocycles. The van der Waals surface area contributed by atoms with Crippen molar-refractivity contribution in [2.75, 3.05) is 37.8 Å². The van der Waals surface area contributed by atoms with Gasteiger partial charge in [-0.3, -0.25) is 4.90 Å². The molecule has 222 valence electrons. The smallest absolute Gasteiger partial charge is 0.319 e. The first-order valence-corrected chi connectivity index (χ1v) is 14.6. The van der Waals surface area contributed by atoms with Crippen LogP contribution < -0.4 is 16.0 Å². The predicted octanol–water partition coefficient (Wildman–Crippen LogP) is 4.52. The van der Waals surface area contributed by atoms with E-state index in [0.29, 0.717) is 44.1 Å². The van der Waals surface area contributed by atoms with Crippen LogP contribution in [0.5, 0.6) is 5.75 Å². The van der Waals surface area contributed by atoms with E-state index in [9.17, 15) is 20.1 Å². The van der Waals surface area contributed by atoms with Gasteiger partial charge in [0.1, 0.15) is 5.75 Å². The fourth-order valence-corrected chi connectivity index (χ4v) is 5.17. The number of hydrogen-bond donors (Lipinski definition) is 5. The Bertz CT molecular complexity index is 1010. The van der Waals surface area contributed by atoms with Crippen LogP contribution in [-0.4, -0.2) is 60.3 Å². The molecule has 2 amide bonds. The largest absolute Gasteiger partial charge is 0.508 e. The molecular formula is C31H47N3O6. The van der Waals surface area contributed by atoms with Gasteiger partial charge >= 0.3 is 6.03 Å². The minimum atomic E-state index is -0.683. The highest BCUT2D eigenvalue weighted by atomic mass is 16.5. The van der Waals surface area contributed by atoms with Crippen LogP contribution in [0.1, 0.15) is 80.6 Å². The van der Waals surface area contributed by atoms with Crippen LogP contribution in [0.4, 0.5) is 10.5 Å². The molecule has 6 N–H and O–H groups in total. The summed E-state index contributed by atoms with van der Waals surface area (Å²) in [6, 6.07) is 12.5. The van der Waals surface area contributed by atoms with Gasteiger partial charge in [-0.15, -0.1) is 0 Å². The van der Waals surface area contributed by atoms with Gasteiger partial charge in [0.25, 0.3) is 0 Å². The lowest BCUT2D eigenvalue weighted by molar-refractivity contribution is 0.0393. The second kappa shape index (κ2) is 17.9. The SMILES string of the molecule is NC(=O)N(c1cccc(COCCOCCCCCCNC[C@H](O)c2ccc(O)c(CO)c2)c1)C1CCCCC1. The third kappa shape index (κ3) is 10.7. The van der Waals surface area contributed by atoms with Gasteiger partial charge in [0.05, 0.1) is 32.5 Å². The lowest BCUT2D eigenvalue weighted by Crippen LogP contribution is -2.44. The van der Waals surface area contributed by atoms with Crippen molar-refractivity contribution in [1.82, 2.24) is 5.32 Å². The number of amides is 2. The minimum Gasteiger partial charge on any atom is -0.508 e. The first-order valence-electron chi connectivity index (χ1n) is 14.6. The summed E-state index contributed by atoms with van der Waals surface area (Å²) in [6.45, 7) is 3.20. The number of unbranched alkanes of at least 4 members (excludes halogenated alkanes) is 3. The van der Waals surface area contributed by atoms with Gasteiger partial charge in [0, 0.05) is 30.4 Å². The summed E-state index contributed by atoms with van der Waals surface area (Å²) in [5, 5.41) is 32.4. The highest BCUT2D eigenvalue weighted by molar-refractivity contribution is 5.91. The maximum atomic E-state index is 12.2. The molecule has 2 aromatic carbocycles. The fraction of sp³-hybridized carbons (Fsp3) is 0.581. The first-order chi connectivity index (χ1) is 19.5. The van der Waals surface area contributed by atoms with E-state index in [1.165, 1.54) is 12.5 Å². The number of aliphatic hydroxyl groups is 2. The molecular weight excluding hydrogens is 510 g/mol. The van der Waals surface area contributed by atoms with Crippen molar-refractivity contribution >= 4 is 11.7 Å². The zero-order valence-electron chi connectivity index (χ0n) is 23.6. The number of nitrogens with one attached hydrogen (secondary N) is 1. The van der Waals surface area contributed by atoms with E-state index in [1.807, 2.05) is 24.3 Å². The number of primary amides is 1. The fourth-order valence-electron chi connectivity index (χ4n) is 5.17. The maximum absolute atomic E-state index is 12.2. The summed E-state index contributed by atoms with van der Waals surface area (Å²) in [5.74, 6) is 0.0351. The average Bonchev–Trinajstić information content (AvgIpc) is 2.96. The normalized spacial score (nSPS) is 14.8. The molecule has 9 nitrogen and oxygen atoms in total. The number of benzene rings is 2. The molecule has 1 aliphatic rings. The monoisotopic (exact) mass is 557 g/mol. The van der Waals surface area contributed by atoms with Gasteiger partial charge in [0.15, 0.2) is 0 Å². The van der Waals surface area contributed by atoms with Gasteiger partial charge < -0.3 is 35.8 Å². The van der Waals surface area contributed by atoms with Crippen LogP contribution in [0.25, 0.3) is 0 Å². The van der Waals surface area contributed by atoms with E-state index in [2.05, 4.69) is 5.32 Å². The molecule has 2 aromatic rings. The van der Waals surface area contributed by atoms with Gasteiger partial charge in [-0.25, -0.2) is 4.79 Å². The van der Waals surface area contributed by atoms with Crippen molar-refractivity contribution in [1.29, 1.82) is 0 Å². The van der Waals surface area contributed by atoms with E-state index in [4.69, 9.17) is 15.2 Å². The van der Waals surface area contributed by atoms with E-state index >= 15 is 0 Å². The van der Waals surface area contributed by atoms with Gasteiger partial charge in [-0.05, 0) is 67.6 Å². The zero-order valence-corrected chi connectivity index (χ0v) is 23.6. The molecule has 0 spiro atoms. The summed E-state index contributed by atoms with van der Waals surface area (Å²) in [7, 11) is 0. The Morgan fingerprint density at radius 3 is 2.55 bits per heavy atom. The summed E-state index contributed by atoms with van der Waals surface area (Å²) in [5.41, 5.74) is 8.67. The highest BCUT2D eigenvalue weighted by Crippen LogP contribution is 2.28. The van der Waals surface area contributed by atoms with E-state index < -0.39 is 12.1 Å². The number of urea groups is 1. The number of phenols is 1. The second-order valence-electron chi connectivity index (χ2n) is 10.5. The Hall–Kier alpha value is -2.69. The number of carbonyl (C=O) groups is 1. The quantitative estimate of drug-likeness (QED) is 0.170. The number of aromatic hydroxyl groups is 1. The molecule has 0 saturated heterocycles. The summed E-state index contributed by atoms with van der Waals surface area (Å²) in [6.07, 6.45) is 8.97. The van der Waals surface area contributed by atoms with Crippen molar-refractivity contribution in [2.45, 2.75) is 83.1 Å². The van der Waals surface area contributed by atoms with Crippen molar-refractivity contribution in [2.24, 2.45) is 5.73 Å². The number of rotatable bonds is 18. The Balaban J connectivity index is 1.19. The molecule has 0 radical (unpaired) electrons. The number of ether oxygens (including phenoxy) is 2. The number of nitrogens with zero attached hydrogens (tertiary/aromatic N) is 1. The number of hydrogen-bond acceptors (Lipinski definition) is 7. The molecule has 0 aliphatic heterocycles. The van der Waals surface area contributed by atoms with Crippen molar-refractivity contribution in [3.05, 3.63) is 59.2 Å². The molecule has 0 heterocycles. The Labute approximate surface area is 238 Å². The van der Waals surface area contributed by atoms with Crippen molar-refractivity contribution in [3.63, 3.8) is 0 Å². The standard InChI is InChI=1S/C31H47N3O6/c32-31(38)34(27-10-4-3-5-11-27)28-12-8-9-24(19-28)23-40-18-17-39-16-7-2-1-6-15-33-21-30(37)25-13-14-29(36)26(20-25)22-35/h8-9,12-14,19-20,27,30,33,35-37H,1-7,10-11,15-18,21-23H2,(H2,32,38)/t30-/m0/s1. The lowest BCUT2D eigenvalue weighted by Gasteiger charge is -2.33. The maximum Gasteiger partial charge on any atom is 0.319 e. The van der Waals surface area contributed by atoms with E-state index in [1.54, 1.807) is 17.0 Å². The number of aliphatic hydroxyl groups excluding tert-OH is 2. The van der Waals surface area contributed by atoms with E-state index in [-0.39, 0.29) is 18.4 Å². The second-order valence-corrected chi connectivity index (χ2v) is 10.5. The van der Waals surface area contributed by atoms with Gasteiger partial charge in [-0.2, -0.15) is 0 Å². The first kappa shape index (κ1) is 31.8. The Morgan fingerprint density at radius 2 is 1.77 bits per heavy atom. The molecule has 0 aromatic heterocycles. The molecule has 40 heavy (non-hydrogen) atoms. The van der Waals surface area contributed by atoms with Crippen LogP contribution in [0, 0.1) is 0 Å². The summed E-state index contributed by atoms with van der Waals surface area (Å²) >= 11 is 0.